The third-order valence-corrected chi connectivity index (χ3v) is 3.44. The third kappa shape index (κ3) is 6.58. The molecular weight excluding hydrogens is 330 g/mol. The lowest BCUT2D eigenvalue weighted by Crippen LogP contribution is -2.46. The van der Waals surface area contributed by atoms with Crippen LogP contribution in [0.2, 0.25) is 0 Å². The van der Waals surface area contributed by atoms with E-state index in [9.17, 15) is 24.5 Å². The fraction of sp³-hybridized carbons (Fsp3) is 0.438. The van der Waals surface area contributed by atoms with Crippen molar-refractivity contribution in [2.75, 3.05) is 6.61 Å². The minimum Gasteiger partial charge on any atom is -0.466 e. The molecule has 0 aliphatic rings. The van der Waals surface area contributed by atoms with Crippen molar-refractivity contribution in [3.05, 3.63) is 39.9 Å². The number of nitrogens with two attached hydrogens (primary N) is 1. The van der Waals surface area contributed by atoms with Crippen LogP contribution in [-0.2, 0) is 25.5 Å². The van der Waals surface area contributed by atoms with Gasteiger partial charge < -0.3 is 15.8 Å². The van der Waals surface area contributed by atoms with E-state index < -0.39 is 34.7 Å². The Bertz CT molecular complexity index is 661. The number of nitrogens with one attached hydrogen (secondary N) is 1. The van der Waals surface area contributed by atoms with Gasteiger partial charge in [0, 0.05) is 12.1 Å². The number of nitro benzene ring substituents is 1. The highest BCUT2D eigenvalue weighted by Gasteiger charge is 2.25. The van der Waals surface area contributed by atoms with Crippen LogP contribution in [-0.4, -0.2) is 35.4 Å². The topological polar surface area (TPSA) is 142 Å². The summed E-state index contributed by atoms with van der Waals surface area (Å²) in [7, 11) is 0. The molecule has 0 aromatic heterocycles. The average Bonchev–Trinajstić information content (AvgIpc) is 2.54. The van der Waals surface area contributed by atoms with Crippen molar-refractivity contribution in [3.63, 3.8) is 0 Å². The maximum Gasteiger partial charge on any atom is 0.308 e. The van der Waals surface area contributed by atoms with Gasteiger partial charge in [-0.2, -0.15) is 0 Å². The number of amides is 2. The largest absolute Gasteiger partial charge is 0.466 e. The molecule has 1 rings (SSSR count). The molecule has 0 aliphatic heterocycles. The summed E-state index contributed by atoms with van der Waals surface area (Å²) >= 11 is 0. The van der Waals surface area contributed by atoms with E-state index in [1.807, 2.05) is 0 Å². The Kier molecular flexibility index (Phi) is 7.51. The number of non-ortho nitro benzene ring substituents is 1. The number of nitro groups is 1. The molecule has 1 aromatic rings. The predicted octanol–water partition coefficient (Wildman–Crippen LogP) is 0.697. The molecule has 0 saturated heterocycles. The fourth-order valence-corrected chi connectivity index (χ4v) is 2.19. The van der Waals surface area contributed by atoms with Crippen molar-refractivity contribution < 1.29 is 24.0 Å². The molecule has 136 valence electrons. The Morgan fingerprint density at radius 3 is 2.60 bits per heavy atom. The van der Waals surface area contributed by atoms with Crippen LogP contribution in [0.4, 0.5) is 5.69 Å². The van der Waals surface area contributed by atoms with Gasteiger partial charge in [-0.1, -0.05) is 19.1 Å². The number of nitrogens with zero attached hydrogens (tertiary/aromatic N) is 1. The van der Waals surface area contributed by atoms with Crippen molar-refractivity contribution in [1.29, 1.82) is 0 Å². The minimum atomic E-state index is -1.04. The summed E-state index contributed by atoms with van der Waals surface area (Å²) in [5.41, 5.74) is 5.56. The van der Waals surface area contributed by atoms with Crippen LogP contribution in [0.15, 0.2) is 24.3 Å². The standard InChI is InChI=1S/C16H21N3O6/c1-3-25-16(22)10(2)7-13(15(17)21)18-14(20)9-11-5-4-6-12(8-11)19(23)24/h4-6,8,10,13H,3,7,9H2,1-2H3,(H2,17,21)(H,18,20)/t10-,13-/m0/s1. The first-order valence-corrected chi connectivity index (χ1v) is 7.73. The summed E-state index contributed by atoms with van der Waals surface area (Å²) in [5.74, 6) is -2.40. The highest BCUT2D eigenvalue weighted by Crippen LogP contribution is 2.14. The quantitative estimate of drug-likeness (QED) is 0.381. The van der Waals surface area contributed by atoms with Crippen molar-refractivity contribution in [2.45, 2.75) is 32.7 Å². The lowest BCUT2D eigenvalue weighted by atomic mass is 10.0. The van der Waals surface area contributed by atoms with Crippen LogP contribution in [0.25, 0.3) is 0 Å². The molecule has 1 aromatic carbocycles. The van der Waals surface area contributed by atoms with E-state index in [4.69, 9.17) is 10.5 Å². The lowest BCUT2D eigenvalue weighted by Gasteiger charge is -2.18. The Balaban J connectivity index is 2.70. The van der Waals surface area contributed by atoms with Gasteiger partial charge in [-0.05, 0) is 18.9 Å². The third-order valence-electron chi connectivity index (χ3n) is 3.44. The molecule has 0 bridgehead atoms. The van der Waals surface area contributed by atoms with E-state index in [0.29, 0.717) is 5.56 Å². The number of carbonyl (C=O) groups excluding carboxylic acids is 3. The average molecular weight is 351 g/mol. The van der Waals surface area contributed by atoms with E-state index >= 15 is 0 Å². The molecule has 3 N–H and O–H groups in total. The molecule has 0 unspecified atom stereocenters. The molecule has 0 aliphatic carbocycles. The molecule has 9 nitrogen and oxygen atoms in total. The maximum atomic E-state index is 12.1. The zero-order valence-electron chi connectivity index (χ0n) is 14.1. The SMILES string of the molecule is CCOC(=O)[C@@H](C)C[C@H](NC(=O)Cc1cccc([N+](=O)[O-])c1)C(N)=O. The summed E-state index contributed by atoms with van der Waals surface area (Å²) in [6.45, 7) is 3.45. The maximum absolute atomic E-state index is 12.1. The van der Waals surface area contributed by atoms with Crippen LogP contribution in [0, 0.1) is 16.0 Å². The number of carbonyl (C=O) groups is 3. The van der Waals surface area contributed by atoms with E-state index in [-0.39, 0.29) is 25.1 Å². The normalized spacial score (nSPS) is 12.7. The second kappa shape index (κ2) is 9.36. The molecule has 2 amide bonds. The summed E-state index contributed by atoms with van der Waals surface area (Å²) in [6, 6.07) is 4.59. The molecule has 0 saturated carbocycles. The van der Waals surface area contributed by atoms with Crippen LogP contribution >= 0.6 is 0 Å². The monoisotopic (exact) mass is 351 g/mol. The molecule has 0 radical (unpaired) electrons. The molecule has 0 heterocycles. The van der Waals surface area contributed by atoms with Crippen molar-refractivity contribution >= 4 is 23.5 Å². The van der Waals surface area contributed by atoms with Crippen LogP contribution in [0.3, 0.4) is 0 Å². The van der Waals surface area contributed by atoms with Gasteiger partial charge in [-0.15, -0.1) is 0 Å². The number of benzene rings is 1. The highest BCUT2D eigenvalue weighted by molar-refractivity contribution is 5.88. The first kappa shape index (κ1) is 20.1. The summed E-state index contributed by atoms with van der Waals surface area (Å²) in [5, 5.41) is 13.2. The van der Waals surface area contributed by atoms with Crippen LogP contribution in [0.1, 0.15) is 25.8 Å². The van der Waals surface area contributed by atoms with Crippen molar-refractivity contribution in [3.8, 4) is 0 Å². The van der Waals surface area contributed by atoms with Gasteiger partial charge >= 0.3 is 5.97 Å². The zero-order valence-corrected chi connectivity index (χ0v) is 14.1. The second-order valence-electron chi connectivity index (χ2n) is 5.52. The van der Waals surface area contributed by atoms with Gasteiger partial charge in [0.1, 0.15) is 6.04 Å². The Labute approximate surface area is 144 Å². The molecule has 2 atom stereocenters. The number of ether oxygens (including phenoxy) is 1. The fourth-order valence-electron chi connectivity index (χ4n) is 2.19. The molecular formula is C16H21N3O6. The Hall–Kier alpha value is -2.97. The first-order chi connectivity index (χ1) is 11.7. The lowest BCUT2D eigenvalue weighted by molar-refractivity contribution is -0.384. The van der Waals surface area contributed by atoms with Gasteiger partial charge in [-0.25, -0.2) is 0 Å². The Morgan fingerprint density at radius 2 is 2.04 bits per heavy atom. The van der Waals surface area contributed by atoms with Gasteiger partial charge in [0.25, 0.3) is 5.69 Å². The number of rotatable bonds is 9. The molecule has 0 fully saturated rings. The summed E-state index contributed by atoms with van der Waals surface area (Å²) in [6.07, 6.45) is -0.145. The summed E-state index contributed by atoms with van der Waals surface area (Å²) in [4.78, 5) is 45.4. The van der Waals surface area contributed by atoms with E-state index in [2.05, 4.69) is 5.32 Å². The van der Waals surface area contributed by atoms with Crippen LogP contribution < -0.4 is 11.1 Å². The Morgan fingerprint density at radius 1 is 1.36 bits per heavy atom. The zero-order chi connectivity index (χ0) is 19.0. The molecule has 0 spiro atoms. The summed E-state index contributed by atoms with van der Waals surface area (Å²) < 4.78 is 4.85. The van der Waals surface area contributed by atoms with E-state index in [1.165, 1.54) is 18.2 Å². The van der Waals surface area contributed by atoms with Crippen molar-refractivity contribution in [2.24, 2.45) is 11.7 Å². The smallest absolute Gasteiger partial charge is 0.308 e. The van der Waals surface area contributed by atoms with Crippen LogP contribution in [0.5, 0.6) is 0 Å². The highest BCUT2D eigenvalue weighted by atomic mass is 16.6. The van der Waals surface area contributed by atoms with Gasteiger partial charge in [-0.3, -0.25) is 24.5 Å². The van der Waals surface area contributed by atoms with Gasteiger partial charge in [0.05, 0.1) is 23.9 Å². The molecule has 9 heteroatoms. The number of hydrogen-bond acceptors (Lipinski definition) is 6. The van der Waals surface area contributed by atoms with Gasteiger partial charge in [0.15, 0.2) is 0 Å². The second-order valence-corrected chi connectivity index (χ2v) is 5.52. The van der Waals surface area contributed by atoms with E-state index in [0.717, 1.165) is 0 Å². The number of hydrogen-bond donors (Lipinski definition) is 2. The molecule has 25 heavy (non-hydrogen) atoms. The number of esters is 1. The van der Waals surface area contributed by atoms with Gasteiger partial charge in [0.2, 0.25) is 11.8 Å². The minimum absolute atomic E-state index is 0.00877. The van der Waals surface area contributed by atoms with E-state index in [1.54, 1.807) is 19.9 Å². The number of primary amides is 1. The predicted molar refractivity (Wildman–Crippen MR) is 88.3 cm³/mol. The first-order valence-electron chi connectivity index (χ1n) is 7.73. The van der Waals surface area contributed by atoms with Crippen molar-refractivity contribution in [1.82, 2.24) is 5.32 Å².